The highest BCUT2D eigenvalue weighted by molar-refractivity contribution is 7.89. The summed E-state index contributed by atoms with van der Waals surface area (Å²) in [6.07, 6.45) is 0.843. The van der Waals surface area contributed by atoms with E-state index in [-0.39, 0.29) is 5.92 Å². The van der Waals surface area contributed by atoms with Crippen molar-refractivity contribution < 1.29 is 13.2 Å². The molecule has 1 saturated heterocycles. The van der Waals surface area contributed by atoms with Crippen molar-refractivity contribution in [3.05, 3.63) is 24.3 Å². The predicted molar refractivity (Wildman–Crippen MR) is 73.0 cm³/mol. The molecule has 1 heterocycles. The summed E-state index contributed by atoms with van der Waals surface area (Å²) >= 11 is 0. The molecule has 1 aliphatic rings. The van der Waals surface area contributed by atoms with E-state index in [1.807, 2.05) is 0 Å². The Hall–Kier alpha value is -1.15. The summed E-state index contributed by atoms with van der Waals surface area (Å²) in [4.78, 5) is 0.296. The molecule has 0 radical (unpaired) electrons. The average Bonchev–Trinajstić information content (AvgIpc) is 2.89. The minimum absolute atomic E-state index is 0.282. The van der Waals surface area contributed by atoms with Gasteiger partial charge in [-0.2, -0.15) is 4.31 Å². The molecule has 1 atom stereocenters. The van der Waals surface area contributed by atoms with Crippen LogP contribution in [-0.2, 0) is 14.8 Å². The molecule has 1 aliphatic heterocycles. The first-order chi connectivity index (χ1) is 9.07. The third-order valence-electron chi connectivity index (χ3n) is 3.31. The first-order valence-corrected chi connectivity index (χ1v) is 7.57. The van der Waals surface area contributed by atoms with Gasteiger partial charge in [-0.25, -0.2) is 8.42 Å². The summed E-state index contributed by atoms with van der Waals surface area (Å²) in [5.41, 5.74) is 3.15. The highest BCUT2D eigenvalue weighted by atomic mass is 32.2. The highest BCUT2D eigenvalue weighted by Gasteiger charge is 2.32. The molecule has 0 amide bonds. The highest BCUT2D eigenvalue weighted by Crippen LogP contribution is 2.25. The zero-order valence-electron chi connectivity index (χ0n) is 10.9. The fraction of sp³-hybridized carbons (Fsp3) is 0.500. The normalized spacial score (nSPS) is 20.6. The van der Waals surface area contributed by atoms with Gasteiger partial charge in [0.25, 0.3) is 0 Å². The van der Waals surface area contributed by atoms with E-state index in [1.54, 1.807) is 31.4 Å². The number of hydrazine groups is 1. The molecule has 106 valence electrons. The van der Waals surface area contributed by atoms with Crippen molar-refractivity contribution in [3.8, 4) is 0 Å². The van der Waals surface area contributed by atoms with E-state index in [0.29, 0.717) is 30.3 Å². The second-order valence-corrected chi connectivity index (χ2v) is 6.58. The molecule has 19 heavy (non-hydrogen) atoms. The Kier molecular flexibility index (Phi) is 4.41. The van der Waals surface area contributed by atoms with Gasteiger partial charge in [0.05, 0.1) is 11.5 Å². The maximum absolute atomic E-state index is 12.4. The quantitative estimate of drug-likeness (QED) is 0.612. The van der Waals surface area contributed by atoms with Crippen molar-refractivity contribution in [2.24, 2.45) is 11.8 Å². The number of benzene rings is 1. The molecule has 0 aliphatic carbocycles. The lowest BCUT2D eigenvalue weighted by Gasteiger charge is -2.16. The Balaban J connectivity index is 2.13. The van der Waals surface area contributed by atoms with Gasteiger partial charge in [-0.3, -0.25) is 5.84 Å². The first kappa shape index (κ1) is 14.3. The Morgan fingerprint density at radius 1 is 1.42 bits per heavy atom. The second-order valence-electron chi connectivity index (χ2n) is 4.64. The summed E-state index contributed by atoms with van der Waals surface area (Å²) in [6.45, 7) is 1.67. The molecule has 0 aromatic heterocycles. The summed E-state index contributed by atoms with van der Waals surface area (Å²) < 4.78 is 31.4. The fourth-order valence-electron chi connectivity index (χ4n) is 2.26. The van der Waals surface area contributed by atoms with Crippen molar-refractivity contribution in [2.45, 2.75) is 11.3 Å². The lowest BCUT2D eigenvalue weighted by molar-refractivity contribution is 0.157. The number of hydrogen-bond acceptors (Lipinski definition) is 5. The summed E-state index contributed by atoms with van der Waals surface area (Å²) in [5.74, 6) is 5.54. The lowest BCUT2D eigenvalue weighted by Crippen LogP contribution is -2.29. The Morgan fingerprint density at radius 2 is 2.11 bits per heavy atom. The van der Waals surface area contributed by atoms with Crippen LogP contribution in [0.25, 0.3) is 0 Å². The van der Waals surface area contributed by atoms with E-state index >= 15 is 0 Å². The molecule has 7 heteroatoms. The van der Waals surface area contributed by atoms with E-state index in [4.69, 9.17) is 10.6 Å². The molecule has 6 nitrogen and oxygen atoms in total. The van der Waals surface area contributed by atoms with E-state index in [1.165, 1.54) is 4.31 Å². The summed E-state index contributed by atoms with van der Waals surface area (Å²) in [5, 5.41) is 0. The Morgan fingerprint density at radius 3 is 2.68 bits per heavy atom. The number of hydrogen-bond donors (Lipinski definition) is 2. The van der Waals surface area contributed by atoms with Gasteiger partial charge in [0.15, 0.2) is 0 Å². The molecule has 0 spiro atoms. The molecular weight excluding hydrogens is 266 g/mol. The van der Waals surface area contributed by atoms with Crippen LogP contribution >= 0.6 is 0 Å². The van der Waals surface area contributed by atoms with Crippen LogP contribution in [0.4, 0.5) is 5.69 Å². The van der Waals surface area contributed by atoms with Crippen LogP contribution < -0.4 is 11.3 Å². The van der Waals surface area contributed by atoms with Gasteiger partial charge in [-0.15, -0.1) is 0 Å². The topological polar surface area (TPSA) is 84.7 Å². The van der Waals surface area contributed by atoms with E-state index in [0.717, 1.165) is 6.42 Å². The zero-order chi connectivity index (χ0) is 13.9. The molecule has 1 unspecified atom stereocenters. The molecular formula is C12H19N3O3S. The number of nitrogens with one attached hydrogen (secondary N) is 1. The molecule has 3 N–H and O–H groups in total. The van der Waals surface area contributed by atoms with Gasteiger partial charge in [0.2, 0.25) is 10.0 Å². The number of nitrogens with two attached hydrogens (primary N) is 1. The minimum atomic E-state index is -3.41. The van der Waals surface area contributed by atoms with E-state index in [2.05, 4.69) is 5.43 Å². The number of sulfonamides is 1. The van der Waals surface area contributed by atoms with Gasteiger partial charge in [0, 0.05) is 25.9 Å². The van der Waals surface area contributed by atoms with Gasteiger partial charge in [0.1, 0.15) is 0 Å². The molecule has 2 rings (SSSR count). The van der Waals surface area contributed by atoms with Crippen molar-refractivity contribution in [3.63, 3.8) is 0 Å². The number of nitrogen functional groups attached to an aromatic ring is 1. The predicted octanol–water partition coefficient (Wildman–Crippen LogP) is 0.629. The van der Waals surface area contributed by atoms with Crippen molar-refractivity contribution in [1.29, 1.82) is 0 Å². The standard InChI is InChI=1S/C12H19N3O3S/c1-18-9-10-6-7-15(8-10)19(16,17)12-4-2-11(14-13)3-5-12/h2-5,10,14H,6-9,13H2,1H3. The third kappa shape index (κ3) is 3.06. The Bertz CT molecular complexity index is 516. The zero-order valence-corrected chi connectivity index (χ0v) is 11.7. The third-order valence-corrected chi connectivity index (χ3v) is 5.19. The van der Waals surface area contributed by atoms with Crippen molar-refractivity contribution >= 4 is 15.7 Å². The monoisotopic (exact) mass is 285 g/mol. The van der Waals surface area contributed by atoms with Crippen LogP contribution in [0.1, 0.15) is 6.42 Å². The number of ether oxygens (including phenoxy) is 1. The van der Waals surface area contributed by atoms with Crippen LogP contribution in [0.15, 0.2) is 29.2 Å². The maximum atomic E-state index is 12.4. The van der Waals surface area contributed by atoms with Gasteiger partial charge in [-0.1, -0.05) is 0 Å². The smallest absolute Gasteiger partial charge is 0.243 e. The molecule has 1 aromatic carbocycles. The van der Waals surface area contributed by atoms with E-state index < -0.39 is 10.0 Å². The van der Waals surface area contributed by atoms with Gasteiger partial charge < -0.3 is 10.2 Å². The summed E-state index contributed by atoms with van der Waals surface area (Å²) in [6, 6.07) is 6.42. The SMILES string of the molecule is COCC1CCN(S(=O)(=O)c2ccc(NN)cc2)C1. The molecule has 1 fully saturated rings. The maximum Gasteiger partial charge on any atom is 0.243 e. The van der Waals surface area contributed by atoms with Crippen LogP contribution in [0, 0.1) is 5.92 Å². The molecule has 0 saturated carbocycles. The second kappa shape index (κ2) is 5.87. The Labute approximate surface area is 113 Å². The van der Waals surface area contributed by atoms with Crippen LogP contribution in [-0.4, -0.2) is 39.5 Å². The van der Waals surface area contributed by atoms with Crippen molar-refractivity contribution in [1.82, 2.24) is 4.31 Å². The minimum Gasteiger partial charge on any atom is -0.384 e. The fourth-order valence-corrected chi connectivity index (χ4v) is 3.79. The summed E-state index contributed by atoms with van der Waals surface area (Å²) in [7, 11) is -1.77. The molecule has 1 aromatic rings. The van der Waals surface area contributed by atoms with Crippen LogP contribution in [0.5, 0.6) is 0 Å². The van der Waals surface area contributed by atoms with Crippen molar-refractivity contribution in [2.75, 3.05) is 32.2 Å². The van der Waals surface area contributed by atoms with Gasteiger partial charge in [-0.05, 0) is 36.6 Å². The lowest BCUT2D eigenvalue weighted by atomic mass is 10.1. The molecule has 0 bridgehead atoms. The largest absolute Gasteiger partial charge is 0.384 e. The number of anilines is 1. The van der Waals surface area contributed by atoms with Crippen LogP contribution in [0.2, 0.25) is 0 Å². The number of rotatable bonds is 5. The van der Waals surface area contributed by atoms with E-state index in [9.17, 15) is 8.42 Å². The van der Waals surface area contributed by atoms with Crippen LogP contribution in [0.3, 0.4) is 0 Å². The number of nitrogens with zero attached hydrogens (tertiary/aromatic N) is 1. The first-order valence-electron chi connectivity index (χ1n) is 6.13. The van der Waals surface area contributed by atoms with Gasteiger partial charge >= 0.3 is 0 Å². The average molecular weight is 285 g/mol. The number of methoxy groups -OCH3 is 1.